The standard InChI is InChI=1S/C12H17NO3/c1-9-4-5-10(16-9)8-13-12(11(14)15)6-2-3-7-12/h4-5,13H,2-3,6-8H2,1H3,(H,14,15). The van der Waals surface area contributed by atoms with Crippen LogP contribution in [-0.2, 0) is 11.3 Å². The Kier molecular flexibility index (Phi) is 3.01. The van der Waals surface area contributed by atoms with E-state index in [-0.39, 0.29) is 0 Å². The van der Waals surface area contributed by atoms with Gasteiger partial charge in [-0.05, 0) is 31.9 Å². The molecule has 88 valence electrons. The molecule has 0 saturated heterocycles. The average molecular weight is 223 g/mol. The number of furan rings is 1. The number of rotatable bonds is 4. The van der Waals surface area contributed by atoms with Crippen molar-refractivity contribution in [2.24, 2.45) is 0 Å². The molecule has 0 unspecified atom stereocenters. The van der Waals surface area contributed by atoms with Gasteiger partial charge in [0.05, 0.1) is 6.54 Å². The molecule has 1 aliphatic rings. The van der Waals surface area contributed by atoms with Crippen LogP contribution in [0, 0.1) is 6.92 Å². The van der Waals surface area contributed by atoms with Crippen molar-refractivity contribution in [1.29, 1.82) is 0 Å². The van der Waals surface area contributed by atoms with Crippen molar-refractivity contribution in [3.05, 3.63) is 23.7 Å². The van der Waals surface area contributed by atoms with E-state index in [1.165, 1.54) is 0 Å². The van der Waals surface area contributed by atoms with Crippen molar-refractivity contribution >= 4 is 5.97 Å². The molecule has 0 amide bonds. The van der Waals surface area contributed by atoms with E-state index in [1.807, 2.05) is 19.1 Å². The lowest BCUT2D eigenvalue weighted by atomic mass is 9.98. The van der Waals surface area contributed by atoms with Gasteiger partial charge >= 0.3 is 5.97 Å². The van der Waals surface area contributed by atoms with Gasteiger partial charge in [-0.25, -0.2) is 0 Å². The van der Waals surface area contributed by atoms with Crippen LogP contribution in [0.4, 0.5) is 0 Å². The predicted molar refractivity (Wildman–Crippen MR) is 59.1 cm³/mol. The Balaban J connectivity index is 1.99. The summed E-state index contributed by atoms with van der Waals surface area (Å²) in [7, 11) is 0. The molecule has 0 aliphatic heterocycles. The van der Waals surface area contributed by atoms with Gasteiger partial charge in [0.25, 0.3) is 0 Å². The third-order valence-corrected chi connectivity index (χ3v) is 3.26. The summed E-state index contributed by atoms with van der Waals surface area (Å²) >= 11 is 0. The molecule has 1 saturated carbocycles. The van der Waals surface area contributed by atoms with Gasteiger partial charge in [0, 0.05) is 0 Å². The van der Waals surface area contributed by atoms with Crippen LogP contribution in [0.5, 0.6) is 0 Å². The van der Waals surface area contributed by atoms with E-state index in [2.05, 4.69) is 5.32 Å². The first kappa shape index (κ1) is 11.2. The van der Waals surface area contributed by atoms with Crippen LogP contribution in [0.1, 0.15) is 37.2 Å². The van der Waals surface area contributed by atoms with Crippen molar-refractivity contribution < 1.29 is 14.3 Å². The molecule has 0 spiro atoms. The fraction of sp³-hybridized carbons (Fsp3) is 0.583. The number of carboxylic acids is 1. The minimum absolute atomic E-state index is 0.486. The molecule has 2 N–H and O–H groups in total. The molecule has 0 bridgehead atoms. The highest BCUT2D eigenvalue weighted by molar-refractivity contribution is 5.79. The first-order valence-electron chi connectivity index (χ1n) is 5.66. The maximum Gasteiger partial charge on any atom is 0.323 e. The molecule has 1 aliphatic carbocycles. The second-order valence-electron chi connectivity index (χ2n) is 4.46. The van der Waals surface area contributed by atoms with E-state index in [4.69, 9.17) is 4.42 Å². The van der Waals surface area contributed by atoms with E-state index in [0.29, 0.717) is 19.4 Å². The van der Waals surface area contributed by atoms with E-state index < -0.39 is 11.5 Å². The van der Waals surface area contributed by atoms with Crippen LogP contribution < -0.4 is 5.32 Å². The number of aliphatic carboxylic acids is 1. The maximum atomic E-state index is 11.3. The summed E-state index contributed by atoms with van der Waals surface area (Å²) < 4.78 is 5.41. The summed E-state index contributed by atoms with van der Waals surface area (Å²) in [5.41, 5.74) is -0.735. The van der Waals surface area contributed by atoms with Gasteiger partial charge < -0.3 is 9.52 Å². The third-order valence-electron chi connectivity index (χ3n) is 3.26. The quantitative estimate of drug-likeness (QED) is 0.820. The second kappa shape index (κ2) is 4.29. The molecule has 0 radical (unpaired) electrons. The molecule has 2 rings (SSSR count). The highest BCUT2D eigenvalue weighted by Gasteiger charge is 2.40. The molecule has 4 heteroatoms. The lowest BCUT2D eigenvalue weighted by Gasteiger charge is -2.24. The molecule has 1 aromatic heterocycles. The minimum atomic E-state index is -0.742. The summed E-state index contributed by atoms with van der Waals surface area (Å²) in [5, 5.41) is 12.4. The summed E-state index contributed by atoms with van der Waals surface area (Å²) in [4.78, 5) is 11.3. The topological polar surface area (TPSA) is 62.5 Å². The molecule has 0 atom stereocenters. The van der Waals surface area contributed by atoms with Crippen LogP contribution in [0.15, 0.2) is 16.5 Å². The van der Waals surface area contributed by atoms with Crippen LogP contribution in [0.25, 0.3) is 0 Å². The molecular weight excluding hydrogens is 206 g/mol. The van der Waals surface area contributed by atoms with Crippen molar-refractivity contribution in [3.63, 3.8) is 0 Å². The SMILES string of the molecule is Cc1ccc(CNC2(C(=O)O)CCCC2)o1. The Morgan fingerprint density at radius 2 is 2.19 bits per heavy atom. The van der Waals surface area contributed by atoms with Gasteiger partial charge in [-0.2, -0.15) is 0 Å². The Bertz CT molecular complexity index is 377. The van der Waals surface area contributed by atoms with Crippen molar-refractivity contribution in [2.75, 3.05) is 0 Å². The Morgan fingerprint density at radius 3 is 2.69 bits per heavy atom. The lowest BCUT2D eigenvalue weighted by Crippen LogP contribution is -2.49. The average Bonchev–Trinajstić information content (AvgIpc) is 2.84. The Labute approximate surface area is 94.6 Å². The summed E-state index contributed by atoms with van der Waals surface area (Å²) in [6.07, 6.45) is 3.39. The van der Waals surface area contributed by atoms with E-state index in [9.17, 15) is 9.90 Å². The van der Waals surface area contributed by atoms with Gasteiger partial charge in [0.2, 0.25) is 0 Å². The molecule has 0 aromatic carbocycles. The van der Waals surface area contributed by atoms with Gasteiger partial charge in [-0.15, -0.1) is 0 Å². The number of aryl methyl sites for hydroxylation is 1. The number of hydrogen-bond acceptors (Lipinski definition) is 3. The van der Waals surface area contributed by atoms with E-state index in [1.54, 1.807) is 0 Å². The van der Waals surface area contributed by atoms with Gasteiger partial charge in [0.15, 0.2) is 0 Å². The van der Waals surface area contributed by atoms with Crippen molar-refractivity contribution in [1.82, 2.24) is 5.32 Å². The van der Waals surface area contributed by atoms with Crippen molar-refractivity contribution in [2.45, 2.75) is 44.7 Å². The van der Waals surface area contributed by atoms with Crippen LogP contribution in [-0.4, -0.2) is 16.6 Å². The maximum absolute atomic E-state index is 11.3. The smallest absolute Gasteiger partial charge is 0.323 e. The molecular formula is C12H17NO3. The van der Waals surface area contributed by atoms with Gasteiger partial charge in [-0.1, -0.05) is 12.8 Å². The normalized spacial score (nSPS) is 18.8. The summed E-state index contributed by atoms with van der Waals surface area (Å²) in [5.74, 6) is 0.908. The summed E-state index contributed by atoms with van der Waals surface area (Å²) in [6.45, 7) is 2.37. The fourth-order valence-corrected chi connectivity index (χ4v) is 2.28. The van der Waals surface area contributed by atoms with Crippen LogP contribution in [0.3, 0.4) is 0 Å². The first-order chi connectivity index (χ1) is 7.62. The number of nitrogens with one attached hydrogen (secondary N) is 1. The summed E-state index contributed by atoms with van der Waals surface area (Å²) in [6, 6.07) is 3.77. The number of carbonyl (C=O) groups is 1. The van der Waals surface area contributed by atoms with E-state index >= 15 is 0 Å². The predicted octanol–water partition coefficient (Wildman–Crippen LogP) is 2.08. The zero-order chi connectivity index (χ0) is 11.6. The third kappa shape index (κ3) is 2.11. The van der Waals surface area contributed by atoms with E-state index in [0.717, 1.165) is 24.4 Å². The van der Waals surface area contributed by atoms with Crippen molar-refractivity contribution in [3.8, 4) is 0 Å². The largest absolute Gasteiger partial charge is 0.480 e. The molecule has 1 heterocycles. The lowest BCUT2D eigenvalue weighted by molar-refractivity contribution is -0.144. The van der Waals surface area contributed by atoms with Crippen LogP contribution in [0.2, 0.25) is 0 Å². The molecule has 4 nitrogen and oxygen atoms in total. The zero-order valence-corrected chi connectivity index (χ0v) is 9.45. The number of hydrogen-bond donors (Lipinski definition) is 2. The monoisotopic (exact) mass is 223 g/mol. The van der Waals surface area contributed by atoms with Crippen LogP contribution >= 0.6 is 0 Å². The van der Waals surface area contributed by atoms with Gasteiger partial charge in [0.1, 0.15) is 17.1 Å². The zero-order valence-electron chi connectivity index (χ0n) is 9.45. The Hall–Kier alpha value is -1.29. The minimum Gasteiger partial charge on any atom is -0.480 e. The Morgan fingerprint density at radius 1 is 1.50 bits per heavy atom. The number of carboxylic acid groups (broad SMARTS) is 1. The first-order valence-corrected chi connectivity index (χ1v) is 5.66. The van der Waals surface area contributed by atoms with Gasteiger partial charge in [-0.3, -0.25) is 10.1 Å². The second-order valence-corrected chi connectivity index (χ2v) is 4.46. The highest BCUT2D eigenvalue weighted by Crippen LogP contribution is 2.30. The highest BCUT2D eigenvalue weighted by atomic mass is 16.4. The fourth-order valence-electron chi connectivity index (χ4n) is 2.28. The molecule has 1 fully saturated rings. The molecule has 1 aromatic rings. The molecule has 16 heavy (non-hydrogen) atoms.